The Morgan fingerprint density at radius 3 is 2.68 bits per heavy atom. The van der Waals surface area contributed by atoms with Gasteiger partial charge in [0.15, 0.2) is 0 Å². The van der Waals surface area contributed by atoms with Crippen molar-refractivity contribution in [1.29, 1.82) is 0 Å². The molecule has 0 aliphatic heterocycles. The number of anilines is 1. The van der Waals surface area contributed by atoms with E-state index in [4.69, 9.17) is 4.74 Å². The Morgan fingerprint density at radius 2 is 1.93 bits per heavy atom. The Hall–Kier alpha value is -3.94. The van der Waals surface area contributed by atoms with E-state index in [-0.39, 0.29) is 23.4 Å². The van der Waals surface area contributed by atoms with Gasteiger partial charge in [0.1, 0.15) is 5.75 Å². The monoisotopic (exact) mass is 379 g/mol. The Kier molecular flexibility index (Phi) is 5.50. The van der Waals surface area contributed by atoms with Gasteiger partial charge >= 0.3 is 0 Å². The van der Waals surface area contributed by atoms with Crippen molar-refractivity contribution in [3.05, 3.63) is 98.5 Å². The molecule has 3 rings (SSSR count). The number of amides is 1. The summed E-state index contributed by atoms with van der Waals surface area (Å²) in [6, 6.07) is 15.6. The van der Waals surface area contributed by atoms with Gasteiger partial charge in [0.2, 0.25) is 0 Å². The largest absolute Gasteiger partial charge is 0.497 e. The van der Waals surface area contributed by atoms with Crippen molar-refractivity contribution in [2.24, 2.45) is 0 Å². The third-order valence-corrected chi connectivity index (χ3v) is 4.05. The van der Waals surface area contributed by atoms with Gasteiger partial charge in [-0.2, -0.15) is 0 Å². The SMILES string of the molecule is COc1cccc(Cn2cc(C(=O)Nc3cccc([N+](=O)[O-])c3)ccc2=O)c1. The fraction of sp³-hybridized carbons (Fsp3) is 0.100. The van der Waals surface area contributed by atoms with Gasteiger partial charge in [0.05, 0.1) is 24.1 Å². The zero-order chi connectivity index (χ0) is 20.1. The molecule has 0 aliphatic rings. The number of nitro benzene ring substituents is 1. The minimum atomic E-state index is -0.538. The summed E-state index contributed by atoms with van der Waals surface area (Å²) in [5, 5.41) is 13.5. The highest BCUT2D eigenvalue weighted by molar-refractivity contribution is 6.04. The van der Waals surface area contributed by atoms with Crippen LogP contribution in [-0.4, -0.2) is 22.5 Å². The molecule has 142 valence electrons. The van der Waals surface area contributed by atoms with E-state index in [0.29, 0.717) is 11.4 Å². The number of carbonyl (C=O) groups excluding carboxylic acids is 1. The second-order valence-corrected chi connectivity index (χ2v) is 6.00. The fourth-order valence-electron chi connectivity index (χ4n) is 2.66. The quantitative estimate of drug-likeness (QED) is 0.524. The van der Waals surface area contributed by atoms with Crippen LogP contribution >= 0.6 is 0 Å². The van der Waals surface area contributed by atoms with Crippen LogP contribution in [0.1, 0.15) is 15.9 Å². The lowest BCUT2D eigenvalue weighted by molar-refractivity contribution is -0.384. The molecule has 0 spiro atoms. The van der Waals surface area contributed by atoms with Gasteiger partial charge in [0.25, 0.3) is 17.2 Å². The van der Waals surface area contributed by atoms with Crippen LogP contribution in [-0.2, 0) is 6.54 Å². The number of hydrogen-bond donors (Lipinski definition) is 1. The third-order valence-electron chi connectivity index (χ3n) is 4.05. The Morgan fingerprint density at radius 1 is 1.14 bits per heavy atom. The highest BCUT2D eigenvalue weighted by Crippen LogP contribution is 2.18. The lowest BCUT2D eigenvalue weighted by Crippen LogP contribution is -2.22. The predicted molar refractivity (Wildman–Crippen MR) is 104 cm³/mol. The highest BCUT2D eigenvalue weighted by atomic mass is 16.6. The zero-order valence-corrected chi connectivity index (χ0v) is 15.0. The Balaban J connectivity index is 1.82. The lowest BCUT2D eigenvalue weighted by Gasteiger charge is -2.10. The molecule has 1 aromatic heterocycles. The van der Waals surface area contributed by atoms with Crippen LogP contribution < -0.4 is 15.6 Å². The molecule has 1 amide bonds. The molecule has 0 saturated heterocycles. The summed E-state index contributed by atoms with van der Waals surface area (Å²) in [6.45, 7) is 0.272. The Bertz CT molecular complexity index is 1090. The first kappa shape index (κ1) is 18.8. The van der Waals surface area contributed by atoms with Crippen LogP contribution in [0, 0.1) is 10.1 Å². The van der Waals surface area contributed by atoms with Crippen LogP contribution in [0.5, 0.6) is 5.75 Å². The number of nitro groups is 1. The zero-order valence-electron chi connectivity index (χ0n) is 15.0. The minimum absolute atomic E-state index is 0.124. The van der Waals surface area contributed by atoms with E-state index in [1.807, 2.05) is 18.2 Å². The maximum Gasteiger partial charge on any atom is 0.271 e. The molecule has 2 aromatic carbocycles. The molecule has 0 fully saturated rings. The second kappa shape index (κ2) is 8.17. The first-order valence-electron chi connectivity index (χ1n) is 8.35. The molecular formula is C20H17N3O5. The van der Waals surface area contributed by atoms with Crippen LogP contribution in [0.15, 0.2) is 71.7 Å². The van der Waals surface area contributed by atoms with Gasteiger partial charge < -0.3 is 14.6 Å². The van der Waals surface area contributed by atoms with Crippen molar-refractivity contribution in [2.75, 3.05) is 12.4 Å². The second-order valence-electron chi connectivity index (χ2n) is 6.00. The van der Waals surface area contributed by atoms with E-state index in [1.54, 1.807) is 19.2 Å². The number of nitrogens with one attached hydrogen (secondary N) is 1. The molecular weight excluding hydrogens is 362 g/mol. The summed E-state index contributed by atoms with van der Waals surface area (Å²) in [5.41, 5.74) is 1.02. The summed E-state index contributed by atoms with van der Waals surface area (Å²) in [6.07, 6.45) is 1.45. The molecule has 1 heterocycles. The topological polar surface area (TPSA) is 103 Å². The van der Waals surface area contributed by atoms with Gasteiger partial charge in [-0.25, -0.2) is 0 Å². The number of hydrogen-bond acceptors (Lipinski definition) is 5. The summed E-state index contributed by atoms with van der Waals surface area (Å²) in [7, 11) is 1.56. The molecule has 0 unspecified atom stereocenters. The molecule has 28 heavy (non-hydrogen) atoms. The van der Waals surface area contributed by atoms with Gasteiger partial charge in [-0.05, 0) is 29.8 Å². The molecule has 0 atom stereocenters. The normalized spacial score (nSPS) is 10.3. The standard InChI is InChI=1S/C20H17N3O5/c1-28-18-7-2-4-14(10-18)12-22-13-15(8-9-19(22)24)20(25)21-16-5-3-6-17(11-16)23(26)27/h2-11,13H,12H2,1H3,(H,21,25). The maximum atomic E-state index is 12.5. The molecule has 0 bridgehead atoms. The first-order valence-corrected chi connectivity index (χ1v) is 8.35. The number of pyridine rings is 1. The predicted octanol–water partition coefficient (Wildman–Crippen LogP) is 3.07. The molecule has 1 N–H and O–H groups in total. The smallest absolute Gasteiger partial charge is 0.271 e. The van der Waals surface area contributed by atoms with E-state index in [0.717, 1.165) is 5.56 Å². The molecule has 8 nitrogen and oxygen atoms in total. The molecule has 0 radical (unpaired) electrons. The van der Waals surface area contributed by atoms with E-state index >= 15 is 0 Å². The Labute approximate surface area is 160 Å². The van der Waals surface area contributed by atoms with Crippen LogP contribution in [0.4, 0.5) is 11.4 Å². The molecule has 0 aliphatic carbocycles. The van der Waals surface area contributed by atoms with Gasteiger partial charge in [-0.1, -0.05) is 18.2 Å². The van der Waals surface area contributed by atoms with Crippen molar-refractivity contribution < 1.29 is 14.5 Å². The number of nitrogens with zero attached hydrogens (tertiary/aromatic N) is 2. The van der Waals surface area contributed by atoms with Crippen molar-refractivity contribution >= 4 is 17.3 Å². The van der Waals surface area contributed by atoms with E-state index in [9.17, 15) is 19.7 Å². The van der Waals surface area contributed by atoms with Gasteiger partial charge in [-0.3, -0.25) is 19.7 Å². The number of ether oxygens (including phenoxy) is 1. The third kappa shape index (κ3) is 4.42. The fourth-order valence-corrected chi connectivity index (χ4v) is 2.66. The first-order chi connectivity index (χ1) is 13.5. The van der Waals surface area contributed by atoms with Crippen molar-refractivity contribution in [2.45, 2.75) is 6.54 Å². The van der Waals surface area contributed by atoms with Crippen LogP contribution in [0.3, 0.4) is 0 Å². The highest BCUT2D eigenvalue weighted by Gasteiger charge is 2.11. The average molecular weight is 379 g/mol. The lowest BCUT2D eigenvalue weighted by atomic mass is 10.2. The average Bonchev–Trinajstić information content (AvgIpc) is 2.70. The number of non-ortho nitro benzene ring substituents is 1. The maximum absolute atomic E-state index is 12.5. The van der Waals surface area contributed by atoms with E-state index < -0.39 is 10.8 Å². The van der Waals surface area contributed by atoms with Crippen molar-refractivity contribution in [3.8, 4) is 5.75 Å². The number of carbonyl (C=O) groups is 1. The number of benzene rings is 2. The number of aromatic nitrogens is 1. The van der Waals surface area contributed by atoms with Crippen LogP contribution in [0.2, 0.25) is 0 Å². The summed E-state index contributed by atoms with van der Waals surface area (Å²) >= 11 is 0. The molecule has 0 saturated carbocycles. The van der Waals surface area contributed by atoms with Crippen LogP contribution in [0.25, 0.3) is 0 Å². The summed E-state index contributed by atoms with van der Waals surface area (Å²) < 4.78 is 6.59. The number of methoxy groups -OCH3 is 1. The summed E-state index contributed by atoms with van der Waals surface area (Å²) in [4.78, 5) is 35.0. The minimum Gasteiger partial charge on any atom is -0.497 e. The molecule has 8 heteroatoms. The van der Waals surface area contributed by atoms with E-state index in [1.165, 1.54) is 41.1 Å². The van der Waals surface area contributed by atoms with E-state index in [2.05, 4.69) is 5.32 Å². The number of rotatable bonds is 6. The van der Waals surface area contributed by atoms with Crippen molar-refractivity contribution in [1.82, 2.24) is 4.57 Å². The van der Waals surface area contributed by atoms with Crippen molar-refractivity contribution in [3.63, 3.8) is 0 Å². The summed E-state index contributed by atoms with van der Waals surface area (Å²) in [5.74, 6) is 0.199. The van der Waals surface area contributed by atoms with Gasteiger partial charge in [-0.15, -0.1) is 0 Å². The van der Waals surface area contributed by atoms with Gasteiger partial charge in [0, 0.05) is 30.1 Å². The molecule has 3 aromatic rings.